The van der Waals surface area contributed by atoms with Crippen molar-refractivity contribution in [3.63, 3.8) is 0 Å². The zero-order valence-electron chi connectivity index (χ0n) is 12.1. The number of halogens is 1. The number of hydrogen-bond donors (Lipinski definition) is 2. The molecule has 2 aromatic heterocycles. The Hall–Kier alpha value is -2.93. The van der Waals surface area contributed by atoms with E-state index in [2.05, 4.69) is 26.0 Å². The summed E-state index contributed by atoms with van der Waals surface area (Å²) in [6.07, 6.45) is 0. The summed E-state index contributed by atoms with van der Waals surface area (Å²) in [4.78, 5) is 12.0. The first kappa shape index (κ1) is 15.0. The van der Waals surface area contributed by atoms with E-state index >= 15 is 0 Å². The highest BCUT2D eigenvalue weighted by molar-refractivity contribution is 6.30. The molecular formula is C15H12ClN5O2. The number of amides is 1. The highest BCUT2D eigenvalue weighted by atomic mass is 35.5. The first-order valence-electron chi connectivity index (χ1n) is 6.71. The molecule has 116 valence electrons. The predicted octanol–water partition coefficient (Wildman–Crippen LogP) is 3.42. The molecular weight excluding hydrogens is 318 g/mol. The van der Waals surface area contributed by atoms with E-state index in [1.165, 1.54) is 0 Å². The molecule has 0 saturated carbocycles. The highest BCUT2D eigenvalue weighted by Gasteiger charge is 2.11. The largest absolute Gasteiger partial charge is 0.360 e. The minimum Gasteiger partial charge on any atom is -0.360 e. The Morgan fingerprint density at radius 3 is 2.48 bits per heavy atom. The summed E-state index contributed by atoms with van der Waals surface area (Å²) in [7, 11) is 0. The number of nitrogens with zero attached hydrogens (tertiary/aromatic N) is 3. The Labute approximate surface area is 136 Å². The van der Waals surface area contributed by atoms with Gasteiger partial charge in [-0.15, -0.1) is 10.2 Å². The predicted molar refractivity (Wildman–Crippen MR) is 86.0 cm³/mol. The van der Waals surface area contributed by atoms with Crippen LogP contribution in [0, 0.1) is 6.92 Å². The summed E-state index contributed by atoms with van der Waals surface area (Å²) in [5.74, 6) is 1.04. The van der Waals surface area contributed by atoms with E-state index in [1.54, 1.807) is 37.3 Å². The van der Waals surface area contributed by atoms with Gasteiger partial charge in [0.25, 0.3) is 5.91 Å². The van der Waals surface area contributed by atoms with E-state index in [0.29, 0.717) is 22.4 Å². The van der Waals surface area contributed by atoms with Crippen molar-refractivity contribution in [3.8, 4) is 0 Å². The number of carbonyl (C=O) groups excluding carboxylic acids is 1. The fourth-order valence-corrected chi connectivity index (χ4v) is 1.93. The molecule has 0 atom stereocenters. The third kappa shape index (κ3) is 3.83. The Morgan fingerprint density at radius 2 is 1.87 bits per heavy atom. The van der Waals surface area contributed by atoms with Crippen molar-refractivity contribution in [1.82, 2.24) is 15.4 Å². The summed E-state index contributed by atoms with van der Waals surface area (Å²) in [6, 6.07) is 12.0. The standard InChI is InChI=1S/C15H12ClN5O2/c1-9-8-14(21-23-9)18-15(22)12-6-7-13(20-19-12)17-11-4-2-10(16)3-5-11/h2-8H,1H3,(H,17,20)(H,18,21,22). The summed E-state index contributed by atoms with van der Waals surface area (Å²) in [5, 5.41) is 17.8. The fourth-order valence-electron chi connectivity index (χ4n) is 1.81. The van der Waals surface area contributed by atoms with Gasteiger partial charge in [-0.2, -0.15) is 0 Å². The smallest absolute Gasteiger partial charge is 0.277 e. The molecule has 0 aliphatic carbocycles. The van der Waals surface area contributed by atoms with Gasteiger partial charge >= 0.3 is 0 Å². The molecule has 0 aliphatic heterocycles. The SMILES string of the molecule is Cc1cc(NC(=O)c2ccc(Nc3ccc(Cl)cc3)nn2)no1. The third-order valence-corrected chi connectivity index (χ3v) is 3.14. The number of anilines is 3. The Kier molecular flexibility index (Phi) is 4.20. The maximum atomic E-state index is 12.0. The normalized spacial score (nSPS) is 10.3. The molecule has 23 heavy (non-hydrogen) atoms. The molecule has 0 radical (unpaired) electrons. The van der Waals surface area contributed by atoms with Crippen LogP contribution < -0.4 is 10.6 Å². The third-order valence-electron chi connectivity index (χ3n) is 2.88. The van der Waals surface area contributed by atoms with Gasteiger partial charge in [0.15, 0.2) is 17.3 Å². The number of rotatable bonds is 4. The number of carbonyl (C=O) groups is 1. The van der Waals surface area contributed by atoms with Crippen LogP contribution in [0.5, 0.6) is 0 Å². The van der Waals surface area contributed by atoms with Crippen molar-refractivity contribution in [2.45, 2.75) is 6.92 Å². The van der Waals surface area contributed by atoms with Crippen molar-refractivity contribution in [2.75, 3.05) is 10.6 Å². The van der Waals surface area contributed by atoms with Crippen LogP contribution in [0.4, 0.5) is 17.3 Å². The fraction of sp³-hybridized carbons (Fsp3) is 0.0667. The topological polar surface area (TPSA) is 92.9 Å². The molecule has 1 aromatic carbocycles. The second kappa shape index (κ2) is 6.45. The van der Waals surface area contributed by atoms with Crippen LogP contribution in [0.3, 0.4) is 0 Å². The van der Waals surface area contributed by atoms with Gasteiger partial charge in [-0.1, -0.05) is 16.8 Å². The van der Waals surface area contributed by atoms with Gasteiger partial charge < -0.3 is 15.2 Å². The van der Waals surface area contributed by atoms with Crippen LogP contribution in [-0.4, -0.2) is 21.3 Å². The minimum atomic E-state index is -0.413. The van der Waals surface area contributed by atoms with Crippen molar-refractivity contribution >= 4 is 34.8 Å². The molecule has 0 fully saturated rings. The number of nitrogens with one attached hydrogen (secondary N) is 2. The summed E-state index contributed by atoms with van der Waals surface area (Å²) in [6.45, 7) is 1.74. The summed E-state index contributed by atoms with van der Waals surface area (Å²) < 4.78 is 4.87. The monoisotopic (exact) mass is 329 g/mol. The molecule has 2 N–H and O–H groups in total. The lowest BCUT2D eigenvalue weighted by Crippen LogP contribution is -2.14. The van der Waals surface area contributed by atoms with E-state index in [1.807, 2.05) is 12.1 Å². The lowest BCUT2D eigenvalue weighted by molar-refractivity contribution is 0.102. The molecule has 1 amide bonds. The Morgan fingerprint density at radius 1 is 1.09 bits per heavy atom. The molecule has 0 spiro atoms. The van der Waals surface area contributed by atoms with Crippen molar-refractivity contribution in [2.24, 2.45) is 0 Å². The van der Waals surface area contributed by atoms with Crippen LogP contribution in [-0.2, 0) is 0 Å². The van der Waals surface area contributed by atoms with Gasteiger partial charge in [-0.3, -0.25) is 4.79 Å². The number of benzene rings is 1. The molecule has 3 rings (SSSR count). The van der Waals surface area contributed by atoms with Gasteiger partial charge in [0.1, 0.15) is 5.76 Å². The lowest BCUT2D eigenvalue weighted by atomic mass is 10.3. The zero-order valence-corrected chi connectivity index (χ0v) is 12.8. The first-order valence-corrected chi connectivity index (χ1v) is 7.09. The number of aromatic nitrogens is 3. The molecule has 2 heterocycles. The van der Waals surface area contributed by atoms with Gasteiger partial charge in [0, 0.05) is 16.8 Å². The molecule has 8 heteroatoms. The van der Waals surface area contributed by atoms with E-state index < -0.39 is 5.91 Å². The molecule has 0 saturated heterocycles. The molecule has 0 aliphatic rings. The molecule has 0 unspecified atom stereocenters. The van der Waals surface area contributed by atoms with Gasteiger partial charge in [0.2, 0.25) is 0 Å². The van der Waals surface area contributed by atoms with Crippen LogP contribution in [0.25, 0.3) is 0 Å². The van der Waals surface area contributed by atoms with Crippen LogP contribution >= 0.6 is 11.6 Å². The summed E-state index contributed by atoms with van der Waals surface area (Å²) in [5.41, 5.74) is 0.992. The Balaban J connectivity index is 1.66. The van der Waals surface area contributed by atoms with E-state index in [4.69, 9.17) is 16.1 Å². The van der Waals surface area contributed by atoms with Gasteiger partial charge in [-0.05, 0) is 43.3 Å². The maximum Gasteiger partial charge on any atom is 0.277 e. The highest BCUT2D eigenvalue weighted by Crippen LogP contribution is 2.17. The van der Waals surface area contributed by atoms with Crippen molar-refractivity contribution in [1.29, 1.82) is 0 Å². The number of hydrogen-bond acceptors (Lipinski definition) is 6. The number of aryl methyl sites for hydroxylation is 1. The average Bonchev–Trinajstić information content (AvgIpc) is 2.95. The first-order chi connectivity index (χ1) is 11.1. The molecule has 3 aromatic rings. The van der Waals surface area contributed by atoms with Crippen LogP contribution in [0.15, 0.2) is 47.0 Å². The van der Waals surface area contributed by atoms with E-state index in [0.717, 1.165) is 5.69 Å². The van der Waals surface area contributed by atoms with E-state index in [9.17, 15) is 4.79 Å². The quantitative estimate of drug-likeness (QED) is 0.761. The molecule has 7 nitrogen and oxygen atoms in total. The lowest BCUT2D eigenvalue weighted by Gasteiger charge is -2.05. The van der Waals surface area contributed by atoms with Crippen molar-refractivity contribution in [3.05, 3.63) is 58.9 Å². The second-order valence-corrected chi connectivity index (χ2v) is 5.15. The maximum absolute atomic E-state index is 12.0. The van der Waals surface area contributed by atoms with Crippen LogP contribution in [0.1, 0.15) is 16.2 Å². The van der Waals surface area contributed by atoms with Gasteiger partial charge in [-0.25, -0.2) is 0 Å². The van der Waals surface area contributed by atoms with Crippen LogP contribution in [0.2, 0.25) is 5.02 Å². The van der Waals surface area contributed by atoms with Crippen molar-refractivity contribution < 1.29 is 9.32 Å². The molecule has 0 bridgehead atoms. The Bertz CT molecular complexity index is 815. The van der Waals surface area contributed by atoms with E-state index in [-0.39, 0.29) is 5.69 Å². The minimum absolute atomic E-state index is 0.173. The van der Waals surface area contributed by atoms with Gasteiger partial charge in [0.05, 0.1) is 0 Å². The second-order valence-electron chi connectivity index (χ2n) is 4.71. The average molecular weight is 330 g/mol. The summed E-state index contributed by atoms with van der Waals surface area (Å²) >= 11 is 5.83. The zero-order chi connectivity index (χ0) is 16.2.